The van der Waals surface area contributed by atoms with Crippen molar-refractivity contribution in [2.24, 2.45) is 11.5 Å². The van der Waals surface area contributed by atoms with E-state index in [2.05, 4.69) is 23.3 Å². The summed E-state index contributed by atoms with van der Waals surface area (Å²) in [5, 5.41) is 20.4. The first kappa shape index (κ1) is 47.3. The number of carboxylic acid groups (broad SMARTS) is 2. The SMILES string of the molecule is CCCCCCCC(=O)OC(=O)C(N)CCC(=O)[O-].CCCCCCCC(=O)OC(=O)C(N)CCC(=O)[O-].[K+].[K+]. The van der Waals surface area contributed by atoms with Gasteiger partial charge in [-0.3, -0.25) is 9.59 Å². The average molecular weight is 623 g/mol. The quantitative estimate of drug-likeness (QED) is 0.0562. The van der Waals surface area contributed by atoms with Gasteiger partial charge in [0.05, 0.1) is 0 Å². The Hall–Kier alpha value is 0.413. The number of carbonyl (C=O) groups is 6. The number of aliphatic carboxylic acids is 2. The van der Waals surface area contributed by atoms with Crippen LogP contribution < -0.4 is 124 Å². The largest absolute Gasteiger partial charge is 1.00 e. The van der Waals surface area contributed by atoms with Crippen molar-refractivity contribution in [3.05, 3.63) is 0 Å². The zero-order valence-electron chi connectivity index (χ0n) is 24.7. The Morgan fingerprint density at radius 3 is 1.12 bits per heavy atom. The van der Waals surface area contributed by atoms with Gasteiger partial charge in [0.15, 0.2) is 0 Å². The first-order valence-electron chi connectivity index (χ1n) is 13.3. The van der Waals surface area contributed by atoms with Crippen LogP contribution in [0.5, 0.6) is 0 Å². The van der Waals surface area contributed by atoms with Crippen molar-refractivity contribution in [3.8, 4) is 0 Å². The molecule has 0 saturated heterocycles. The molecule has 0 fully saturated rings. The molecule has 0 radical (unpaired) electrons. The van der Waals surface area contributed by atoms with Crippen LogP contribution in [0.25, 0.3) is 0 Å². The molecule has 12 nitrogen and oxygen atoms in total. The second kappa shape index (κ2) is 32.3. The summed E-state index contributed by atoms with van der Waals surface area (Å²) in [4.78, 5) is 65.6. The van der Waals surface area contributed by atoms with Gasteiger partial charge < -0.3 is 40.7 Å². The number of carboxylic acids is 2. The Morgan fingerprint density at radius 1 is 0.550 bits per heavy atom. The minimum Gasteiger partial charge on any atom is -0.550 e. The third kappa shape index (κ3) is 32.9. The number of ether oxygens (including phenoxy) is 2. The first-order chi connectivity index (χ1) is 17.9. The summed E-state index contributed by atoms with van der Waals surface area (Å²) in [6.07, 6.45) is 9.34. The number of unbranched alkanes of at least 4 members (excludes halogenated alkanes) is 8. The topological polar surface area (TPSA) is 219 Å². The van der Waals surface area contributed by atoms with Crippen LogP contribution in [0.2, 0.25) is 0 Å². The van der Waals surface area contributed by atoms with Gasteiger partial charge in [-0.05, 0) is 38.5 Å². The van der Waals surface area contributed by atoms with Crippen LogP contribution in [0.4, 0.5) is 0 Å². The smallest absolute Gasteiger partial charge is 0.550 e. The van der Waals surface area contributed by atoms with Gasteiger partial charge in [-0.1, -0.05) is 65.2 Å². The van der Waals surface area contributed by atoms with Crippen LogP contribution >= 0.6 is 0 Å². The van der Waals surface area contributed by atoms with Crippen LogP contribution in [-0.2, 0) is 38.2 Å². The van der Waals surface area contributed by atoms with Crippen LogP contribution in [0, 0.1) is 0 Å². The number of esters is 4. The van der Waals surface area contributed by atoms with E-state index in [1.165, 1.54) is 0 Å². The van der Waals surface area contributed by atoms with Gasteiger partial charge in [0.25, 0.3) is 0 Å². The fraction of sp³-hybridized carbons (Fsp3) is 0.769. The Balaban J connectivity index is -0.000000309. The van der Waals surface area contributed by atoms with E-state index in [4.69, 9.17) is 11.5 Å². The van der Waals surface area contributed by atoms with Gasteiger partial charge in [-0.15, -0.1) is 0 Å². The van der Waals surface area contributed by atoms with Gasteiger partial charge in [-0.2, -0.15) is 0 Å². The Morgan fingerprint density at radius 2 is 0.850 bits per heavy atom. The normalized spacial score (nSPS) is 11.3. The maximum Gasteiger partial charge on any atom is 1.00 e. The van der Waals surface area contributed by atoms with Crippen LogP contribution in [0.1, 0.15) is 117 Å². The third-order valence-corrected chi connectivity index (χ3v) is 5.32. The van der Waals surface area contributed by atoms with E-state index in [0.717, 1.165) is 51.4 Å². The van der Waals surface area contributed by atoms with Crippen molar-refractivity contribution < 1.29 is 151 Å². The molecule has 0 aliphatic heterocycles. The van der Waals surface area contributed by atoms with Crippen LogP contribution in [0.15, 0.2) is 0 Å². The predicted molar refractivity (Wildman–Crippen MR) is 133 cm³/mol. The second-order valence-electron chi connectivity index (χ2n) is 8.95. The summed E-state index contributed by atoms with van der Waals surface area (Å²) in [7, 11) is 0. The zero-order valence-corrected chi connectivity index (χ0v) is 31.0. The van der Waals surface area contributed by atoms with Crippen molar-refractivity contribution in [1.29, 1.82) is 0 Å². The molecule has 0 amide bonds. The summed E-state index contributed by atoms with van der Waals surface area (Å²) in [6.45, 7) is 4.20. The average Bonchev–Trinajstić information content (AvgIpc) is 2.85. The third-order valence-electron chi connectivity index (χ3n) is 5.32. The maximum absolute atomic E-state index is 11.3. The molecule has 4 N–H and O–H groups in total. The van der Waals surface area contributed by atoms with E-state index in [1.54, 1.807) is 0 Å². The number of carbonyl (C=O) groups excluding carboxylic acids is 6. The number of hydrogen-bond donors (Lipinski definition) is 2. The minimum absolute atomic E-state index is 0. The molecule has 0 saturated carbocycles. The van der Waals surface area contributed by atoms with Gasteiger partial charge in [0.2, 0.25) is 0 Å². The number of nitrogens with two attached hydrogens (primary N) is 2. The minimum atomic E-state index is -1.29. The molecule has 0 rings (SSSR count). The maximum atomic E-state index is 11.3. The molecule has 0 aliphatic rings. The Labute approximate surface area is 322 Å². The molecule has 40 heavy (non-hydrogen) atoms. The van der Waals surface area contributed by atoms with E-state index >= 15 is 0 Å². The summed E-state index contributed by atoms with van der Waals surface area (Å²) in [5.74, 6) is -5.54. The molecule has 2 atom stereocenters. The summed E-state index contributed by atoms with van der Waals surface area (Å²) >= 11 is 0. The summed E-state index contributed by atoms with van der Waals surface area (Å²) < 4.78 is 9.07. The van der Waals surface area contributed by atoms with E-state index in [-0.39, 0.29) is 141 Å². The molecule has 2 unspecified atom stereocenters. The molecule has 0 bridgehead atoms. The van der Waals surface area contributed by atoms with Crippen molar-refractivity contribution in [2.75, 3.05) is 0 Å². The van der Waals surface area contributed by atoms with Gasteiger partial charge >= 0.3 is 127 Å². The van der Waals surface area contributed by atoms with E-state index in [0.29, 0.717) is 12.8 Å². The fourth-order valence-electron chi connectivity index (χ4n) is 3.01. The second-order valence-corrected chi connectivity index (χ2v) is 8.95. The van der Waals surface area contributed by atoms with Crippen molar-refractivity contribution in [3.63, 3.8) is 0 Å². The Bertz CT molecular complexity index is 678. The van der Waals surface area contributed by atoms with Crippen molar-refractivity contribution >= 4 is 35.8 Å². The van der Waals surface area contributed by atoms with Gasteiger partial charge in [0, 0.05) is 24.8 Å². The van der Waals surface area contributed by atoms with Crippen LogP contribution in [0.3, 0.4) is 0 Å². The monoisotopic (exact) mass is 622 g/mol. The molecule has 0 aromatic rings. The number of rotatable bonds is 20. The van der Waals surface area contributed by atoms with E-state index in [1.807, 2.05) is 0 Å². The first-order valence-corrected chi connectivity index (χ1v) is 13.3. The van der Waals surface area contributed by atoms with Crippen LogP contribution in [-0.4, -0.2) is 47.9 Å². The molecule has 0 aromatic carbocycles. The molecule has 220 valence electrons. The Kier molecular flexibility index (Phi) is 38.3. The number of hydrogen-bond acceptors (Lipinski definition) is 12. The molecule has 0 spiro atoms. The predicted octanol–water partition coefficient (Wildman–Crippen LogP) is -5.44. The standard InChI is InChI=1S/2C13H23NO5.2K/c2*1-2-3-4-5-6-7-12(17)19-13(18)10(14)8-9-11(15)16;;/h2*10H,2-9,14H2,1H3,(H,15,16);;/q;;2*+1/p-2. The molecular formula is C26H44K2N2O10. The summed E-state index contributed by atoms with van der Waals surface area (Å²) in [6, 6.07) is -2.19. The van der Waals surface area contributed by atoms with Gasteiger partial charge in [0.1, 0.15) is 12.1 Å². The molecule has 0 aromatic heterocycles. The van der Waals surface area contributed by atoms with Gasteiger partial charge in [-0.25, -0.2) is 9.59 Å². The van der Waals surface area contributed by atoms with E-state index < -0.39 is 47.9 Å². The molecule has 0 aliphatic carbocycles. The molecule has 14 heteroatoms. The van der Waals surface area contributed by atoms with E-state index in [9.17, 15) is 39.0 Å². The van der Waals surface area contributed by atoms with Crippen molar-refractivity contribution in [2.45, 2.75) is 129 Å². The zero-order chi connectivity index (χ0) is 29.3. The molecular weight excluding hydrogens is 578 g/mol. The fourth-order valence-corrected chi connectivity index (χ4v) is 3.01. The summed E-state index contributed by atoms with van der Waals surface area (Å²) in [5.41, 5.74) is 10.8. The van der Waals surface area contributed by atoms with Crippen molar-refractivity contribution in [1.82, 2.24) is 0 Å². The molecule has 0 heterocycles.